The fourth-order valence-electron chi connectivity index (χ4n) is 1.89. The van der Waals surface area contributed by atoms with Crippen molar-refractivity contribution in [2.24, 2.45) is 0 Å². The fourth-order valence-corrected chi connectivity index (χ4v) is 2.07. The monoisotopic (exact) mass is 273 g/mol. The average molecular weight is 274 g/mol. The Kier molecular flexibility index (Phi) is 4.58. The molecular weight excluding hydrogens is 258 g/mol. The lowest BCUT2D eigenvalue weighted by molar-refractivity contribution is 0.102. The summed E-state index contributed by atoms with van der Waals surface area (Å²) < 4.78 is 0. The van der Waals surface area contributed by atoms with Gasteiger partial charge < -0.3 is 5.32 Å². The molecule has 0 spiro atoms. The minimum absolute atomic E-state index is 0.0953. The van der Waals surface area contributed by atoms with E-state index in [1.54, 1.807) is 12.1 Å². The smallest absolute Gasteiger partial charge is 0.255 e. The molecule has 0 bridgehead atoms. The number of nitrogens with one attached hydrogen (secondary N) is 1. The Morgan fingerprint density at radius 1 is 1.11 bits per heavy atom. The van der Waals surface area contributed by atoms with E-state index in [0.717, 1.165) is 23.2 Å². The number of para-hydroxylation sites is 1. The summed E-state index contributed by atoms with van der Waals surface area (Å²) in [5, 5.41) is 2.94. The second-order valence-electron chi connectivity index (χ2n) is 4.30. The molecule has 1 amide bonds. The van der Waals surface area contributed by atoms with E-state index in [1.165, 1.54) is 0 Å². The summed E-state index contributed by atoms with van der Waals surface area (Å²) in [6.07, 6.45) is 0.891. The van der Waals surface area contributed by atoms with Gasteiger partial charge in [-0.25, -0.2) is 0 Å². The van der Waals surface area contributed by atoms with Gasteiger partial charge in [0.15, 0.2) is 0 Å². The second-order valence-corrected chi connectivity index (χ2v) is 4.56. The Morgan fingerprint density at radius 3 is 2.42 bits per heavy atom. The maximum absolute atomic E-state index is 12.1. The lowest BCUT2D eigenvalue weighted by Gasteiger charge is -2.09. The Morgan fingerprint density at radius 2 is 1.79 bits per heavy atom. The summed E-state index contributed by atoms with van der Waals surface area (Å²) in [7, 11) is 0. The van der Waals surface area contributed by atoms with Crippen molar-refractivity contribution in [3.63, 3.8) is 0 Å². The van der Waals surface area contributed by atoms with Crippen molar-refractivity contribution in [1.82, 2.24) is 0 Å². The van der Waals surface area contributed by atoms with Crippen LogP contribution in [0.3, 0.4) is 0 Å². The lowest BCUT2D eigenvalue weighted by Crippen LogP contribution is -2.13. The number of hydrogen-bond donors (Lipinski definition) is 1. The van der Waals surface area contributed by atoms with Gasteiger partial charge in [0, 0.05) is 17.1 Å². The molecule has 0 heterocycles. The molecule has 0 fully saturated rings. The molecule has 0 atom stereocenters. The quantitative estimate of drug-likeness (QED) is 0.830. The van der Waals surface area contributed by atoms with Gasteiger partial charge >= 0.3 is 0 Å². The molecular formula is C16H16ClNO. The summed E-state index contributed by atoms with van der Waals surface area (Å²) in [6, 6.07) is 15.2. The van der Waals surface area contributed by atoms with Crippen molar-refractivity contribution in [2.75, 3.05) is 5.32 Å². The standard InChI is InChI=1S/C16H16ClNO/c1-2-13-5-3-4-6-15(13)18-16(19)14-9-7-12(11-17)8-10-14/h3-10H,2,11H2,1H3,(H,18,19). The SMILES string of the molecule is CCc1ccccc1NC(=O)c1ccc(CCl)cc1. The van der Waals surface area contributed by atoms with E-state index < -0.39 is 0 Å². The van der Waals surface area contributed by atoms with Crippen LogP contribution in [-0.2, 0) is 12.3 Å². The highest BCUT2D eigenvalue weighted by molar-refractivity contribution is 6.17. The zero-order valence-electron chi connectivity index (χ0n) is 10.8. The van der Waals surface area contributed by atoms with Crippen molar-refractivity contribution >= 4 is 23.2 Å². The Bertz CT molecular complexity index is 563. The van der Waals surface area contributed by atoms with Gasteiger partial charge in [0.05, 0.1) is 0 Å². The first-order valence-electron chi connectivity index (χ1n) is 6.28. The highest BCUT2D eigenvalue weighted by Crippen LogP contribution is 2.17. The summed E-state index contributed by atoms with van der Waals surface area (Å²) in [4.78, 5) is 12.1. The van der Waals surface area contributed by atoms with Crippen LogP contribution in [-0.4, -0.2) is 5.91 Å². The van der Waals surface area contributed by atoms with Crippen LogP contribution in [0.15, 0.2) is 48.5 Å². The lowest BCUT2D eigenvalue weighted by atomic mass is 10.1. The molecule has 0 radical (unpaired) electrons. The Labute approximate surface area is 118 Å². The number of carbonyl (C=O) groups is 1. The number of aryl methyl sites for hydroxylation is 1. The second kappa shape index (κ2) is 6.39. The first-order valence-corrected chi connectivity index (χ1v) is 6.82. The number of hydrogen-bond acceptors (Lipinski definition) is 1. The summed E-state index contributed by atoms with van der Waals surface area (Å²) in [5.74, 6) is 0.364. The van der Waals surface area contributed by atoms with Gasteiger partial charge in [0.25, 0.3) is 5.91 Å². The molecule has 0 aliphatic heterocycles. The highest BCUT2D eigenvalue weighted by atomic mass is 35.5. The zero-order chi connectivity index (χ0) is 13.7. The van der Waals surface area contributed by atoms with Crippen LogP contribution >= 0.6 is 11.6 Å². The molecule has 0 aliphatic carbocycles. The summed E-state index contributed by atoms with van der Waals surface area (Å²) in [6.45, 7) is 2.07. The van der Waals surface area contributed by atoms with Crippen molar-refractivity contribution < 1.29 is 4.79 Å². The van der Waals surface area contributed by atoms with Crippen molar-refractivity contribution in [2.45, 2.75) is 19.2 Å². The van der Waals surface area contributed by atoms with Gasteiger partial charge in [-0.2, -0.15) is 0 Å². The minimum Gasteiger partial charge on any atom is -0.322 e. The summed E-state index contributed by atoms with van der Waals surface area (Å²) >= 11 is 5.73. The molecule has 0 aliphatic rings. The molecule has 0 aromatic heterocycles. The van der Waals surface area contributed by atoms with E-state index >= 15 is 0 Å². The molecule has 2 aromatic carbocycles. The molecule has 3 heteroatoms. The summed E-state index contributed by atoms with van der Waals surface area (Å²) in [5.41, 5.74) is 3.65. The number of anilines is 1. The van der Waals surface area contributed by atoms with E-state index in [9.17, 15) is 4.79 Å². The van der Waals surface area contributed by atoms with Crippen LogP contribution in [0.5, 0.6) is 0 Å². The minimum atomic E-state index is -0.0953. The van der Waals surface area contributed by atoms with E-state index in [1.807, 2.05) is 36.4 Å². The largest absolute Gasteiger partial charge is 0.322 e. The first-order chi connectivity index (χ1) is 9.24. The van der Waals surface area contributed by atoms with Crippen LogP contribution in [0, 0.1) is 0 Å². The van der Waals surface area contributed by atoms with Crippen LogP contribution in [0.2, 0.25) is 0 Å². The van der Waals surface area contributed by atoms with Gasteiger partial charge in [0.1, 0.15) is 0 Å². The third-order valence-electron chi connectivity index (χ3n) is 3.02. The molecule has 2 rings (SSSR count). The van der Waals surface area contributed by atoms with Gasteiger partial charge in [-0.1, -0.05) is 37.3 Å². The predicted octanol–water partition coefficient (Wildman–Crippen LogP) is 4.24. The van der Waals surface area contributed by atoms with Gasteiger partial charge in [-0.3, -0.25) is 4.79 Å². The molecule has 2 nitrogen and oxygen atoms in total. The van der Waals surface area contributed by atoms with E-state index in [2.05, 4.69) is 12.2 Å². The van der Waals surface area contributed by atoms with Crippen molar-refractivity contribution in [3.8, 4) is 0 Å². The molecule has 0 unspecified atom stereocenters. The first kappa shape index (κ1) is 13.6. The van der Waals surface area contributed by atoms with Crippen LogP contribution in [0.1, 0.15) is 28.4 Å². The number of halogens is 1. The number of carbonyl (C=O) groups excluding carboxylic acids is 1. The molecule has 0 saturated carbocycles. The maximum atomic E-state index is 12.1. The zero-order valence-corrected chi connectivity index (χ0v) is 11.6. The van der Waals surface area contributed by atoms with Gasteiger partial charge in [-0.05, 0) is 35.7 Å². The van der Waals surface area contributed by atoms with E-state index in [-0.39, 0.29) is 5.91 Å². The van der Waals surface area contributed by atoms with E-state index in [0.29, 0.717) is 11.4 Å². The number of alkyl halides is 1. The third-order valence-corrected chi connectivity index (χ3v) is 3.33. The number of benzene rings is 2. The normalized spacial score (nSPS) is 10.2. The molecule has 98 valence electrons. The topological polar surface area (TPSA) is 29.1 Å². The van der Waals surface area contributed by atoms with E-state index in [4.69, 9.17) is 11.6 Å². The van der Waals surface area contributed by atoms with Crippen LogP contribution in [0.4, 0.5) is 5.69 Å². The predicted molar refractivity (Wildman–Crippen MR) is 79.8 cm³/mol. The molecule has 0 saturated heterocycles. The van der Waals surface area contributed by atoms with Crippen LogP contribution < -0.4 is 5.32 Å². The maximum Gasteiger partial charge on any atom is 0.255 e. The van der Waals surface area contributed by atoms with Gasteiger partial charge in [0.2, 0.25) is 0 Å². The highest BCUT2D eigenvalue weighted by Gasteiger charge is 2.07. The molecule has 19 heavy (non-hydrogen) atoms. The van der Waals surface area contributed by atoms with Crippen molar-refractivity contribution in [3.05, 3.63) is 65.2 Å². The molecule has 2 aromatic rings. The fraction of sp³-hybridized carbons (Fsp3) is 0.188. The van der Waals surface area contributed by atoms with Crippen LogP contribution in [0.25, 0.3) is 0 Å². The Balaban J connectivity index is 2.16. The van der Waals surface area contributed by atoms with Gasteiger partial charge in [-0.15, -0.1) is 11.6 Å². The Hall–Kier alpha value is -1.80. The average Bonchev–Trinajstić information content (AvgIpc) is 2.48. The third kappa shape index (κ3) is 3.36. The number of amides is 1. The van der Waals surface area contributed by atoms with Crippen molar-refractivity contribution in [1.29, 1.82) is 0 Å². The number of rotatable bonds is 4. The molecule has 1 N–H and O–H groups in total.